The molecular formula is C18H28N2O. The molecule has 0 bridgehead atoms. The Morgan fingerprint density at radius 3 is 2.14 bits per heavy atom. The molecule has 2 rings (SSSR count). The topological polar surface area (TPSA) is 23.6 Å². The Balaban J connectivity index is 1.70. The predicted octanol–water partition coefficient (Wildman–Crippen LogP) is 2.81. The van der Waals surface area contributed by atoms with Crippen LogP contribution in [0.5, 0.6) is 0 Å². The van der Waals surface area contributed by atoms with Crippen LogP contribution in [0.4, 0.5) is 0 Å². The first-order chi connectivity index (χ1) is 9.95. The molecule has 0 aromatic heterocycles. The van der Waals surface area contributed by atoms with E-state index >= 15 is 0 Å². The van der Waals surface area contributed by atoms with Gasteiger partial charge >= 0.3 is 0 Å². The van der Waals surface area contributed by atoms with E-state index < -0.39 is 0 Å². The molecule has 1 heterocycles. The molecule has 1 aromatic rings. The second-order valence-electron chi connectivity index (χ2n) is 7.03. The zero-order chi connectivity index (χ0) is 15.3. The molecule has 1 fully saturated rings. The van der Waals surface area contributed by atoms with Crippen LogP contribution in [0, 0.1) is 5.41 Å². The molecule has 3 heteroatoms. The number of benzene rings is 1. The molecule has 0 radical (unpaired) electrons. The molecule has 0 atom stereocenters. The van der Waals surface area contributed by atoms with Crippen molar-refractivity contribution in [2.75, 3.05) is 32.7 Å². The van der Waals surface area contributed by atoms with Gasteiger partial charge in [-0.05, 0) is 5.56 Å². The maximum Gasteiger partial charge on any atom is 0.139 e. The fraction of sp³-hybridized carbons (Fsp3) is 0.611. The van der Waals surface area contributed by atoms with Gasteiger partial charge in [-0.15, -0.1) is 0 Å². The van der Waals surface area contributed by atoms with E-state index in [-0.39, 0.29) is 5.41 Å². The van der Waals surface area contributed by atoms with E-state index in [2.05, 4.69) is 40.1 Å². The van der Waals surface area contributed by atoms with Gasteiger partial charge in [0.2, 0.25) is 0 Å². The molecule has 0 N–H and O–H groups in total. The minimum atomic E-state index is -0.199. The van der Waals surface area contributed by atoms with Gasteiger partial charge in [-0.1, -0.05) is 51.1 Å². The number of rotatable bonds is 5. The van der Waals surface area contributed by atoms with Gasteiger partial charge < -0.3 is 4.90 Å². The van der Waals surface area contributed by atoms with Crippen molar-refractivity contribution in [3.05, 3.63) is 35.9 Å². The van der Waals surface area contributed by atoms with E-state index in [1.165, 1.54) is 5.56 Å². The van der Waals surface area contributed by atoms with Gasteiger partial charge in [-0.3, -0.25) is 9.69 Å². The van der Waals surface area contributed by atoms with Crippen LogP contribution in [0.25, 0.3) is 0 Å². The van der Waals surface area contributed by atoms with E-state index in [0.29, 0.717) is 12.2 Å². The highest BCUT2D eigenvalue weighted by atomic mass is 16.1. The summed E-state index contributed by atoms with van der Waals surface area (Å²) in [6, 6.07) is 10.6. The second kappa shape index (κ2) is 7.19. The normalized spacial score (nSPS) is 17.9. The lowest BCUT2D eigenvalue weighted by Gasteiger charge is -2.35. The summed E-state index contributed by atoms with van der Waals surface area (Å²) in [5, 5.41) is 0. The lowest BCUT2D eigenvalue weighted by atomic mass is 9.89. The third kappa shape index (κ3) is 5.25. The van der Waals surface area contributed by atoms with E-state index in [1.54, 1.807) is 0 Å². The van der Waals surface area contributed by atoms with Crippen LogP contribution in [0.15, 0.2) is 30.3 Å². The summed E-state index contributed by atoms with van der Waals surface area (Å²) < 4.78 is 0. The maximum atomic E-state index is 12.0. The van der Waals surface area contributed by atoms with E-state index in [9.17, 15) is 4.79 Å². The van der Waals surface area contributed by atoms with Crippen molar-refractivity contribution in [2.45, 2.75) is 33.7 Å². The average Bonchev–Trinajstić information content (AvgIpc) is 2.46. The maximum absolute atomic E-state index is 12.0. The Morgan fingerprint density at radius 1 is 1.00 bits per heavy atom. The summed E-state index contributed by atoms with van der Waals surface area (Å²) in [4.78, 5) is 16.9. The molecule has 0 amide bonds. The minimum Gasteiger partial charge on any atom is -0.300 e. The lowest BCUT2D eigenvalue weighted by molar-refractivity contribution is -0.126. The Bertz CT molecular complexity index is 442. The van der Waals surface area contributed by atoms with Crippen LogP contribution in [-0.2, 0) is 11.3 Å². The summed E-state index contributed by atoms with van der Waals surface area (Å²) in [5.41, 5.74) is 1.18. The summed E-state index contributed by atoms with van der Waals surface area (Å²) in [5.74, 6) is 0.370. The van der Waals surface area contributed by atoms with Crippen LogP contribution in [0.2, 0.25) is 0 Å². The highest BCUT2D eigenvalue weighted by Gasteiger charge is 2.23. The number of hydrogen-bond acceptors (Lipinski definition) is 3. The molecule has 1 aliphatic rings. The zero-order valence-electron chi connectivity index (χ0n) is 13.6. The summed E-state index contributed by atoms with van der Waals surface area (Å²) in [7, 11) is 0. The van der Waals surface area contributed by atoms with Crippen LogP contribution in [0.3, 0.4) is 0 Å². The Hall–Kier alpha value is -1.19. The largest absolute Gasteiger partial charge is 0.300 e. The molecular weight excluding hydrogens is 260 g/mol. The molecule has 0 aliphatic carbocycles. The number of carbonyl (C=O) groups excluding carboxylic acids is 1. The van der Waals surface area contributed by atoms with E-state index in [4.69, 9.17) is 0 Å². The number of nitrogens with zero attached hydrogens (tertiary/aromatic N) is 2. The van der Waals surface area contributed by atoms with Gasteiger partial charge in [-0.2, -0.15) is 0 Å². The van der Waals surface area contributed by atoms with Crippen molar-refractivity contribution >= 4 is 5.78 Å². The van der Waals surface area contributed by atoms with Gasteiger partial charge in [0.25, 0.3) is 0 Å². The monoisotopic (exact) mass is 288 g/mol. The van der Waals surface area contributed by atoms with Crippen molar-refractivity contribution in [3.63, 3.8) is 0 Å². The Kier molecular flexibility index (Phi) is 5.54. The summed E-state index contributed by atoms with van der Waals surface area (Å²) in [6.07, 6.45) is 0.683. The van der Waals surface area contributed by atoms with Crippen molar-refractivity contribution in [3.8, 4) is 0 Å². The molecule has 0 spiro atoms. The van der Waals surface area contributed by atoms with Crippen molar-refractivity contribution in [1.29, 1.82) is 0 Å². The standard InChI is InChI=1S/C18H28N2O/c1-18(2,3)17(21)9-10-19-11-13-20(14-12-19)15-16-7-5-4-6-8-16/h4-8H,9-15H2,1-3H3. The molecule has 1 aromatic carbocycles. The first-order valence-corrected chi connectivity index (χ1v) is 7.97. The number of carbonyl (C=O) groups is 1. The number of Topliss-reactive ketones (excluding diaryl/α,β-unsaturated/α-hetero) is 1. The van der Waals surface area contributed by atoms with Crippen LogP contribution < -0.4 is 0 Å². The van der Waals surface area contributed by atoms with Gasteiger partial charge in [-0.25, -0.2) is 0 Å². The van der Waals surface area contributed by atoms with Gasteiger partial charge in [0.05, 0.1) is 0 Å². The third-order valence-corrected chi connectivity index (χ3v) is 4.21. The van der Waals surface area contributed by atoms with Crippen molar-refractivity contribution in [2.24, 2.45) is 5.41 Å². The smallest absolute Gasteiger partial charge is 0.139 e. The second-order valence-corrected chi connectivity index (χ2v) is 7.03. The van der Waals surface area contributed by atoms with Crippen LogP contribution in [-0.4, -0.2) is 48.3 Å². The fourth-order valence-electron chi connectivity index (χ4n) is 2.65. The van der Waals surface area contributed by atoms with Crippen LogP contribution >= 0.6 is 0 Å². The molecule has 3 nitrogen and oxygen atoms in total. The molecule has 116 valence electrons. The first-order valence-electron chi connectivity index (χ1n) is 7.97. The molecule has 0 unspecified atom stereocenters. The number of ketones is 1. The van der Waals surface area contributed by atoms with Gasteiger partial charge in [0, 0.05) is 51.1 Å². The third-order valence-electron chi connectivity index (χ3n) is 4.21. The summed E-state index contributed by atoms with van der Waals surface area (Å²) >= 11 is 0. The molecule has 1 saturated heterocycles. The van der Waals surface area contributed by atoms with Gasteiger partial charge in [0.15, 0.2) is 0 Å². The van der Waals surface area contributed by atoms with Gasteiger partial charge in [0.1, 0.15) is 5.78 Å². The molecule has 1 aliphatic heterocycles. The number of hydrogen-bond donors (Lipinski definition) is 0. The Morgan fingerprint density at radius 2 is 1.57 bits per heavy atom. The quantitative estimate of drug-likeness (QED) is 0.832. The SMILES string of the molecule is CC(C)(C)C(=O)CCN1CCN(Cc2ccccc2)CC1. The molecule has 0 saturated carbocycles. The zero-order valence-corrected chi connectivity index (χ0v) is 13.6. The highest BCUT2D eigenvalue weighted by Crippen LogP contribution is 2.17. The fourth-order valence-corrected chi connectivity index (χ4v) is 2.65. The van der Waals surface area contributed by atoms with E-state index in [0.717, 1.165) is 39.3 Å². The lowest BCUT2D eigenvalue weighted by Crippen LogP contribution is -2.46. The summed E-state index contributed by atoms with van der Waals surface area (Å²) in [6.45, 7) is 12.3. The molecule has 21 heavy (non-hydrogen) atoms. The average molecular weight is 288 g/mol. The highest BCUT2D eigenvalue weighted by molar-refractivity contribution is 5.83. The predicted molar refractivity (Wildman–Crippen MR) is 87.2 cm³/mol. The Labute approximate surface area is 128 Å². The van der Waals surface area contributed by atoms with E-state index in [1.807, 2.05) is 20.8 Å². The van der Waals surface area contributed by atoms with Crippen LogP contribution in [0.1, 0.15) is 32.8 Å². The van der Waals surface area contributed by atoms with Crippen molar-refractivity contribution < 1.29 is 4.79 Å². The number of piperazine rings is 1. The van der Waals surface area contributed by atoms with Crippen molar-refractivity contribution in [1.82, 2.24) is 9.80 Å². The first kappa shape index (κ1) is 16.2. The minimum absolute atomic E-state index is 0.199.